The van der Waals surface area contributed by atoms with Gasteiger partial charge in [0.1, 0.15) is 17.6 Å². The van der Waals surface area contributed by atoms with E-state index in [-0.39, 0.29) is 10.9 Å². The fraction of sp³-hybridized carbons (Fsp3) is 0.417. The number of hydrogen-bond acceptors (Lipinski definition) is 6. The summed E-state index contributed by atoms with van der Waals surface area (Å²) in [5.74, 6) is -1.35. The molecule has 0 saturated heterocycles. The molecule has 0 bridgehead atoms. The molecule has 2 unspecified atom stereocenters. The molecule has 0 amide bonds. The molecule has 1 aromatic carbocycles. The number of phenolic OH excluding ortho intramolecular Hbond substituents is 1. The molecule has 1 aromatic rings. The van der Waals surface area contributed by atoms with Crippen LogP contribution in [0.5, 0.6) is 11.5 Å². The molecule has 0 aliphatic heterocycles. The first-order chi connectivity index (χ1) is 9.60. The number of aliphatic hydroxyl groups is 2. The van der Waals surface area contributed by atoms with Gasteiger partial charge in [0.05, 0.1) is 6.10 Å². The van der Waals surface area contributed by atoms with E-state index in [1.807, 2.05) is 0 Å². The maximum Gasteiger partial charge on any atom is 0.573 e. The lowest BCUT2D eigenvalue weighted by Gasteiger charge is -2.21. The Balaban J connectivity index is 2.98. The molecule has 118 valence electrons. The minimum Gasteiger partial charge on any atom is -0.508 e. The zero-order chi connectivity index (χ0) is 16.2. The Morgan fingerprint density at radius 1 is 1.38 bits per heavy atom. The Morgan fingerprint density at radius 2 is 2.00 bits per heavy atom. The monoisotopic (exact) mass is 326 g/mol. The highest BCUT2D eigenvalue weighted by atomic mass is 32.2. The lowest BCUT2D eigenvalue weighted by molar-refractivity contribution is -0.275. The lowest BCUT2D eigenvalue weighted by atomic mass is 10.0. The standard InChI is InChI=1S/C12H13F3O5S/c1-6(16)21-5-9(18)11(19)8-4-7(17)2-3-10(8)20-12(13,14)15/h2-4,9,11,17-19H,5H2,1H3. The van der Waals surface area contributed by atoms with E-state index in [0.717, 1.165) is 18.2 Å². The molecular weight excluding hydrogens is 313 g/mol. The number of aliphatic hydroxyl groups excluding tert-OH is 2. The molecule has 0 fully saturated rings. The van der Waals surface area contributed by atoms with Crippen molar-refractivity contribution in [1.82, 2.24) is 0 Å². The van der Waals surface area contributed by atoms with Crippen molar-refractivity contribution >= 4 is 16.9 Å². The average Bonchev–Trinajstić information content (AvgIpc) is 2.35. The lowest BCUT2D eigenvalue weighted by Crippen LogP contribution is -2.24. The third kappa shape index (κ3) is 5.82. The predicted molar refractivity (Wildman–Crippen MR) is 68.9 cm³/mol. The maximum absolute atomic E-state index is 12.3. The van der Waals surface area contributed by atoms with Crippen LogP contribution >= 0.6 is 11.8 Å². The molecule has 1 rings (SSSR count). The SMILES string of the molecule is CC(=O)SCC(O)C(O)c1cc(O)ccc1OC(F)(F)F. The van der Waals surface area contributed by atoms with Gasteiger partial charge < -0.3 is 20.1 Å². The van der Waals surface area contributed by atoms with Gasteiger partial charge in [-0.2, -0.15) is 0 Å². The van der Waals surface area contributed by atoms with Gasteiger partial charge in [-0.3, -0.25) is 4.79 Å². The molecule has 0 spiro atoms. The van der Waals surface area contributed by atoms with Crippen molar-refractivity contribution in [3.8, 4) is 11.5 Å². The summed E-state index contributed by atoms with van der Waals surface area (Å²) in [6.07, 6.45) is -8.23. The summed E-state index contributed by atoms with van der Waals surface area (Å²) in [7, 11) is 0. The van der Waals surface area contributed by atoms with Crippen LogP contribution in [0.15, 0.2) is 18.2 Å². The van der Waals surface area contributed by atoms with Gasteiger partial charge in [-0.1, -0.05) is 11.8 Å². The molecule has 0 aromatic heterocycles. The Morgan fingerprint density at radius 3 is 2.52 bits per heavy atom. The summed E-state index contributed by atoms with van der Waals surface area (Å²) in [6, 6.07) is 2.63. The minimum absolute atomic E-state index is 0.211. The van der Waals surface area contributed by atoms with Gasteiger partial charge in [0.25, 0.3) is 0 Å². The number of thioether (sulfide) groups is 1. The Bertz CT molecular complexity index is 506. The Kier molecular flexibility index (Phi) is 5.87. The van der Waals surface area contributed by atoms with Crippen LogP contribution in [-0.4, -0.2) is 38.7 Å². The van der Waals surface area contributed by atoms with Gasteiger partial charge >= 0.3 is 6.36 Å². The van der Waals surface area contributed by atoms with E-state index >= 15 is 0 Å². The Hall–Kier alpha value is -1.45. The van der Waals surface area contributed by atoms with Crippen LogP contribution in [-0.2, 0) is 4.79 Å². The summed E-state index contributed by atoms with van der Waals surface area (Å²) in [5.41, 5.74) is -0.427. The first kappa shape index (κ1) is 17.6. The third-order valence-corrected chi connectivity index (χ3v) is 3.27. The molecular formula is C12H13F3O5S. The number of ether oxygens (including phenoxy) is 1. The van der Waals surface area contributed by atoms with E-state index in [4.69, 9.17) is 0 Å². The second-order valence-corrected chi connectivity index (χ2v) is 5.28. The van der Waals surface area contributed by atoms with E-state index in [9.17, 15) is 33.3 Å². The maximum atomic E-state index is 12.3. The van der Waals surface area contributed by atoms with Gasteiger partial charge in [0, 0.05) is 18.2 Å². The summed E-state index contributed by atoms with van der Waals surface area (Å²) >= 11 is 0.711. The number of hydrogen-bond donors (Lipinski definition) is 3. The van der Waals surface area contributed by atoms with Crippen LogP contribution in [0, 0.1) is 0 Å². The van der Waals surface area contributed by atoms with Crippen molar-refractivity contribution in [2.45, 2.75) is 25.5 Å². The summed E-state index contributed by atoms with van der Waals surface area (Å²) in [6.45, 7) is 1.25. The third-order valence-electron chi connectivity index (χ3n) is 2.36. The zero-order valence-electron chi connectivity index (χ0n) is 10.8. The average molecular weight is 326 g/mol. The van der Waals surface area contributed by atoms with Crippen LogP contribution in [0.2, 0.25) is 0 Å². The highest BCUT2D eigenvalue weighted by Gasteiger charge is 2.34. The highest BCUT2D eigenvalue weighted by Crippen LogP contribution is 2.34. The summed E-state index contributed by atoms with van der Waals surface area (Å²) in [4.78, 5) is 10.8. The van der Waals surface area contributed by atoms with Gasteiger partial charge in [-0.15, -0.1) is 13.2 Å². The number of rotatable bonds is 5. The van der Waals surface area contributed by atoms with Crippen LogP contribution in [0.25, 0.3) is 0 Å². The minimum atomic E-state index is -4.98. The van der Waals surface area contributed by atoms with Crippen molar-refractivity contribution in [2.75, 3.05) is 5.75 Å². The molecule has 0 radical (unpaired) electrons. The van der Waals surface area contributed by atoms with E-state index in [1.165, 1.54) is 6.92 Å². The number of alkyl halides is 3. The number of carbonyl (C=O) groups is 1. The number of carbonyl (C=O) groups excluding carboxylic acids is 1. The largest absolute Gasteiger partial charge is 0.573 e. The molecule has 0 aliphatic rings. The van der Waals surface area contributed by atoms with E-state index in [2.05, 4.69) is 4.74 Å². The predicted octanol–water partition coefficient (Wildman–Crippen LogP) is 1.96. The fourth-order valence-corrected chi connectivity index (χ4v) is 2.07. The Labute approximate surface area is 122 Å². The van der Waals surface area contributed by atoms with Crippen LogP contribution in [0.1, 0.15) is 18.6 Å². The van der Waals surface area contributed by atoms with Gasteiger partial charge in [-0.05, 0) is 18.2 Å². The van der Waals surface area contributed by atoms with E-state index in [1.54, 1.807) is 0 Å². The zero-order valence-corrected chi connectivity index (χ0v) is 11.6. The molecule has 0 heterocycles. The fourth-order valence-electron chi connectivity index (χ4n) is 1.49. The second-order valence-electron chi connectivity index (χ2n) is 4.08. The normalized spacial score (nSPS) is 14.6. The van der Waals surface area contributed by atoms with Crippen molar-refractivity contribution in [3.05, 3.63) is 23.8 Å². The first-order valence-electron chi connectivity index (χ1n) is 5.68. The molecule has 0 aliphatic carbocycles. The first-order valence-corrected chi connectivity index (χ1v) is 6.67. The van der Waals surface area contributed by atoms with E-state index < -0.39 is 35.6 Å². The van der Waals surface area contributed by atoms with Crippen LogP contribution in [0.4, 0.5) is 13.2 Å². The van der Waals surface area contributed by atoms with Crippen molar-refractivity contribution < 1.29 is 38.0 Å². The second kappa shape index (κ2) is 7.01. The van der Waals surface area contributed by atoms with Crippen molar-refractivity contribution in [3.63, 3.8) is 0 Å². The molecule has 9 heteroatoms. The molecule has 2 atom stereocenters. The van der Waals surface area contributed by atoms with Gasteiger partial charge in [0.2, 0.25) is 0 Å². The van der Waals surface area contributed by atoms with Gasteiger partial charge in [-0.25, -0.2) is 0 Å². The number of halogens is 3. The van der Waals surface area contributed by atoms with Crippen LogP contribution in [0.3, 0.4) is 0 Å². The molecule has 5 nitrogen and oxygen atoms in total. The molecule has 0 saturated carbocycles. The summed E-state index contributed by atoms with van der Waals surface area (Å²) < 4.78 is 40.5. The van der Waals surface area contributed by atoms with Crippen molar-refractivity contribution in [1.29, 1.82) is 0 Å². The topological polar surface area (TPSA) is 87.0 Å². The van der Waals surface area contributed by atoms with Crippen molar-refractivity contribution in [2.24, 2.45) is 0 Å². The number of aromatic hydroxyl groups is 1. The summed E-state index contributed by atoms with van der Waals surface area (Å²) in [5, 5.41) is 28.5. The quantitative estimate of drug-likeness (QED) is 0.767. The molecule has 21 heavy (non-hydrogen) atoms. The van der Waals surface area contributed by atoms with E-state index in [0.29, 0.717) is 11.8 Å². The number of phenols is 1. The highest BCUT2D eigenvalue weighted by molar-refractivity contribution is 8.13. The molecule has 3 N–H and O–H groups in total. The number of benzene rings is 1. The van der Waals surface area contributed by atoms with Gasteiger partial charge in [0.15, 0.2) is 5.12 Å². The smallest absolute Gasteiger partial charge is 0.508 e. The van der Waals surface area contributed by atoms with Crippen LogP contribution < -0.4 is 4.74 Å².